The zero-order valence-electron chi connectivity index (χ0n) is 13.4. The first kappa shape index (κ1) is 16.9. The number of rotatable bonds is 5. The Hall–Kier alpha value is -2.92. The molecule has 1 aromatic heterocycles. The molecule has 0 aliphatic carbocycles. The second-order valence-electron chi connectivity index (χ2n) is 5.45. The third-order valence-corrected chi connectivity index (χ3v) is 3.90. The van der Waals surface area contributed by atoms with Crippen LogP contribution in [0.15, 0.2) is 60.7 Å². The molecule has 126 valence electrons. The van der Waals surface area contributed by atoms with Crippen molar-refractivity contribution in [1.29, 1.82) is 0 Å². The third-order valence-electron chi connectivity index (χ3n) is 3.65. The highest BCUT2D eigenvalue weighted by Gasteiger charge is 2.21. The molecule has 5 nitrogen and oxygen atoms in total. The average molecular weight is 355 g/mol. The van der Waals surface area contributed by atoms with E-state index in [9.17, 15) is 9.59 Å². The number of nitrogens with zero attached hydrogens (tertiary/aromatic N) is 1. The van der Waals surface area contributed by atoms with E-state index in [4.69, 9.17) is 16.3 Å². The largest absolute Gasteiger partial charge is 0.450 e. The lowest BCUT2D eigenvalue weighted by Crippen LogP contribution is -2.24. The van der Waals surface area contributed by atoms with Crippen molar-refractivity contribution in [2.24, 2.45) is 0 Å². The summed E-state index contributed by atoms with van der Waals surface area (Å²) in [7, 11) is 0. The Morgan fingerprint density at radius 2 is 1.76 bits per heavy atom. The number of ketones is 1. The van der Waals surface area contributed by atoms with Crippen LogP contribution in [0.25, 0.3) is 11.3 Å². The Kier molecular flexibility index (Phi) is 4.95. The van der Waals surface area contributed by atoms with Crippen molar-refractivity contribution in [3.8, 4) is 11.3 Å². The molecule has 0 aliphatic heterocycles. The van der Waals surface area contributed by atoms with Crippen LogP contribution < -0.4 is 0 Å². The van der Waals surface area contributed by atoms with Gasteiger partial charge in [-0.25, -0.2) is 4.79 Å². The second kappa shape index (κ2) is 7.32. The number of nitrogens with one attached hydrogen (secondary N) is 1. The van der Waals surface area contributed by atoms with Crippen molar-refractivity contribution >= 4 is 23.4 Å². The molecular weight excluding hydrogens is 340 g/mol. The molecule has 0 radical (unpaired) electrons. The first-order valence-electron chi connectivity index (χ1n) is 7.66. The fourth-order valence-electron chi connectivity index (χ4n) is 2.31. The van der Waals surface area contributed by atoms with Gasteiger partial charge >= 0.3 is 5.97 Å². The number of esters is 1. The normalized spacial score (nSPS) is 11.8. The first-order chi connectivity index (χ1) is 12.0. The van der Waals surface area contributed by atoms with Gasteiger partial charge in [0, 0.05) is 16.1 Å². The van der Waals surface area contributed by atoms with Crippen molar-refractivity contribution in [1.82, 2.24) is 10.2 Å². The van der Waals surface area contributed by atoms with E-state index in [-0.39, 0.29) is 11.5 Å². The third kappa shape index (κ3) is 3.95. The molecule has 25 heavy (non-hydrogen) atoms. The molecule has 6 heteroatoms. The number of benzene rings is 2. The van der Waals surface area contributed by atoms with Gasteiger partial charge < -0.3 is 4.74 Å². The molecular formula is C19H15ClN2O3. The van der Waals surface area contributed by atoms with E-state index in [1.54, 1.807) is 61.5 Å². The van der Waals surface area contributed by atoms with E-state index >= 15 is 0 Å². The Balaban J connectivity index is 1.69. The summed E-state index contributed by atoms with van der Waals surface area (Å²) in [4.78, 5) is 24.5. The molecule has 0 saturated carbocycles. The summed E-state index contributed by atoms with van der Waals surface area (Å²) in [5, 5.41) is 7.35. The van der Waals surface area contributed by atoms with Gasteiger partial charge in [-0.1, -0.05) is 54.1 Å². The number of H-pyrrole nitrogens is 1. The van der Waals surface area contributed by atoms with Crippen LogP contribution in [0.4, 0.5) is 0 Å². The highest BCUT2D eigenvalue weighted by atomic mass is 35.5. The minimum Gasteiger partial charge on any atom is -0.450 e. The monoisotopic (exact) mass is 354 g/mol. The molecule has 0 unspecified atom stereocenters. The molecule has 0 bridgehead atoms. The molecule has 3 rings (SSSR count). The second-order valence-corrected chi connectivity index (χ2v) is 5.89. The number of Topliss-reactive ketones (excluding diaryl/α,β-unsaturated/α-hetero) is 1. The smallest absolute Gasteiger partial charge is 0.357 e. The SMILES string of the molecule is C[C@H](OC(=O)c1cc(-c2ccc(Cl)cc2)n[nH]1)C(=O)c1ccccc1. The zero-order chi connectivity index (χ0) is 17.8. The van der Waals surface area contributed by atoms with Crippen LogP contribution in [0.5, 0.6) is 0 Å². The Morgan fingerprint density at radius 3 is 2.44 bits per heavy atom. The average Bonchev–Trinajstić information content (AvgIpc) is 3.12. The number of hydrogen-bond donors (Lipinski definition) is 1. The minimum absolute atomic E-state index is 0.178. The van der Waals surface area contributed by atoms with Gasteiger partial charge in [0.15, 0.2) is 6.10 Å². The van der Waals surface area contributed by atoms with Crippen LogP contribution in [0.2, 0.25) is 5.02 Å². The van der Waals surface area contributed by atoms with Gasteiger partial charge in [0.25, 0.3) is 0 Å². The van der Waals surface area contributed by atoms with E-state index in [0.717, 1.165) is 5.56 Å². The number of carbonyl (C=O) groups excluding carboxylic acids is 2. The number of halogens is 1. The molecule has 1 N–H and O–H groups in total. The molecule has 2 aromatic carbocycles. The molecule has 0 saturated heterocycles. The quantitative estimate of drug-likeness (QED) is 0.551. The van der Waals surface area contributed by atoms with Crippen LogP contribution in [0, 0.1) is 0 Å². The lowest BCUT2D eigenvalue weighted by Gasteiger charge is -2.11. The van der Waals surface area contributed by atoms with Crippen LogP contribution in [0.3, 0.4) is 0 Å². The predicted octanol–water partition coefficient (Wildman–Crippen LogP) is 4.16. The summed E-state index contributed by atoms with van der Waals surface area (Å²) < 4.78 is 5.24. The summed E-state index contributed by atoms with van der Waals surface area (Å²) in [6.45, 7) is 1.55. The Morgan fingerprint density at radius 1 is 1.08 bits per heavy atom. The highest BCUT2D eigenvalue weighted by Crippen LogP contribution is 2.20. The van der Waals surface area contributed by atoms with E-state index in [0.29, 0.717) is 16.3 Å². The van der Waals surface area contributed by atoms with Gasteiger partial charge in [0.05, 0.1) is 5.69 Å². The highest BCUT2D eigenvalue weighted by molar-refractivity contribution is 6.30. The topological polar surface area (TPSA) is 72.0 Å². The van der Waals surface area contributed by atoms with Crippen molar-refractivity contribution in [2.75, 3.05) is 0 Å². The number of hydrogen-bond acceptors (Lipinski definition) is 4. The summed E-state index contributed by atoms with van der Waals surface area (Å²) >= 11 is 5.86. The van der Waals surface area contributed by atoms with Crippen LogP contribution in [-0.4, -0.2) is 28.1 Å². The van der Waals surface area contributed by atoms with Gasteiger partial charge in [-0.15, -0.1) is 0 Å². The van der Waals surface area contributed by atoms with Crippen molar-refractivity contribution < 1.29 is 14.3 Å². The summed E-state index contributed by atoms with van der Waals surface area (Å²) in [6, 6.07) is 17.4. The Labute approximate surface area is 149 Å². The molecule has 0 spiro atoms. The molecule has 0 fully saturated rings. The molecule has 3 aromatic rings. The predicted molar refractivity (Wildman–Crippen MR) is 94.7 cm³/mol. The van der Waals surface area contributed by atoms with Crippen LogP contribution in [0.1, 0.15) is 27.8 Å². The maximum absolute atomic E-state index is 12.3. The van der Waals surface area contributed by atoms with Crippen molar-refractivity contribution in [3.05, 3.63) is 76.9 Å². The molecule has 1 heterocycles. The van der Waals surface area contributed by atoms with Gasteiger partial charge in [-0.05, 0) is 25.1 Å². The summed E-state index contributed by atoms with van der Waals surface area (Å²) in [6.07, 6.45) is -0.891. The number of ether oxygens (including phenoxy) is 1. The molecule has 1 atom stereocenters. The lowest BCUT2D eigenvalue weighted by molar-refractivity contribution is 0.0313. The van der Waals surface area contributed by atoms with E-state index in [1.807, 2.05) is 6.07 Å². The maximum atomic E-state index is 12.3. The van der Waals surface area contributed by atoms with Crippen molar-refractivity contribution in [2.45, 2.75) is 13.0 Å². The number of aromatic amines is 1. The van der Waals surface area contributed by atoms with Crippen LogP contribution >= 0.6 is 11.6 Å². The number of carbonyl (C=O) groups is 2. The van der Waals surface area contributed by atoms with Crippen LogP contribution in [-0.2, 0) is 4.74 Å². The standard InChI is InChI=1S/C19H15ClN2O3/c1-12(18(23)14-5-3-2-4-6-14)25-19(24)17-11-16(21-22-17)13-7-9-15(20)10-8-13/h2-12H,1H3,(H,21,22)/t12-/m0/s1. The molecule has 0 aliphatic rings. The number of aromatic nitrogens is 2. The molecule has 0 amide bonds. The van der Waals surface area contributed by atoms with Gasteiger partial charge in [-0.3, -0.25) is 9.89 Å². The first-order valence-corrected chi connectivity index (χ1v) is 8.04. The fraction of sp³-hybridized carbons (Fsp3) is 0.105. The van der Waals surface area contributed by atoms with Gasteiger partial charge in [0.2, 0.25) is 5.78 Å². The van der Waals surface area contributed by atoms with Gasteiger partial charge in [0.1, 0.15) is 5.69 Å². The van der Waals surface area contributed by atoms with E-state index < -0.39 is 12.1 Å². The lowest BCUT2D eigenvalue weighted by atomic mass is 10.1. The minimum atomic E-state index is -0.891. The summed E-state index contributed by atoms with van der Waals surface area (Å²) in [5.41, 5.74) is 2.07. The Bertz CT molecular complexity index is 889. The van der Waals surface area contributed by atoms with E-state index in [2.05, 4.69) is 10.2 Å². The summed E-state index contributed by atoms with van der Waals surface area (Å²) in [5.74, 6) is -0.893. The van der Waals surface area contributed by atoms with Crippen molar-refractivity contribution in [3.63, 3.8) is 0 Å². The maximum Gasteiger partial charge on any atom is 0.357 e. The fourth-order valence-corrected chi connectivity index (χ4v) is 2.44. The van der Waals surface area contributed by atoms with E-state index in [1.165, 1.54) is 0 Å². The zero-order valence-corrected chi connectivity index (χ0v) is 14.2. The van der Waals surface area contributed by atoms with Gasteiger partial charge in [-0.2, -0.15) is 5.10 Å².